The molecule has 3 aliphatic heterocycles. The number of benzene rings is 1. The lowest BCUT2D eigenvalue weighted by Gasteiger charge is -2.33. The van der Waals surface area contributed by atoms with Gasteiger partial charge in [0.25, 0.3) is 17.8 Å². The molecule has 0 bridgehead atoms. The van der Waals surface area contributed by atoms with Gasteiger partial charge >= 0.3 is 11.9 Å². The predicted octanol–water partition coefficient (Wildman–Crippen LogP) is 0.165. The summed E-state index contributed by atoms with van der Waals surface area (Å²) < 4.78 is 1.97. The lowest BCUT2D eigenvalue weighted by Crippen LogP contribution is -2.61. The first-order valence-corrected chi connectivity index (χ1v) is 10.8. The van der Waals surface area contributed by atoms with Crippen molar-refractivity contribution in [3.05, 3.63) is 34.9 Å². The monoisotopic (exact) mass is 447 g/mol. The Morgan fingerprint density at radius 2 is 1.77 bits per heavy atom. The first-order chi connectivity index (χ1) is 14.9. The number of amidine groups is 2. The maximum atomic E-state index is 13.1. The number of nitrogens with zero attached hydrogens (tertiary/aromatic N) is 6. The van der Waals surface area contributed by atoms with E-state index in [4.69, 9.17) is 21.7 Å². The smallest absolute Gasteiger partial charge is 0.333 e. The van der Waals surface area contributed by atoms with Crippen LogP contribution in [0.5, 0.6) is 0 Å². The highest BCUT2D eigenvalue weighted by atomic mass is 35.5. The van der Waals surface area contributed by atoms with Crippen LogP contribution in [-0.4, -0.2) is 119 Å². The van der Waals surface area contributed by atoms with Gasteiger partial charge in [-0.05, 0) is 11.1 Å². The standard InChI is InChI=1S/C21H28ClN6O3/c1-24-19-18(20(30)25(2)21(24)31)28(13-15-5-3-4-6-16(15)22)17(23-19)14-27-9-7-26(8-10-27)11-12-29/h3-6,18,29H,7-14H2,1-2H3/q+1. The van der Waals surface area contributed by atoms with E-state index in [0.29, 0.717) is 30.5 Å². The minimum absolute atomic E-state index is 0.161. The fraction of sp³-hybridized carbons (Fsp3) is 0.524. The zero-order valence-corrected chi connectivity index (χ0v) is 18.6. The van der Waals surface area contributed by atoms with E-state index in [9.17, 15) is 9.59 Å². The molecule has 0 saturated carbocycles. The van der Waals surface area contributed by atoms with Crippen LogP contribution in [0.15, 0.2) is 29.3 Å². The number of fused-ring (bicyclic) bond motifs is 1. The number of hydrogen-bond acceptors (Lipinski definition) is 6. The Morgan fingerprint density at radius 3 is 2.45 bits per heavy atom. The Hall–Kier alpha value is -2.33. The van der Waals surface area contributed by atoms with Gasteiger partial charge in [0.15, 0.2) is 0 Å². The van der Waals surface area contributed by atoms with Gasteiger partial charge in [0.05, 0.1) is 6.61 Å². The van der Waals surface area contributed by atoms with E-state index in [-0.39, 0.29) is 18.5 Å². The fourth-order valence-corrected chi connectivity index (χ4v) is 4.48. The second-order valence-corrected chi connectivity index (χ2v) is 8.50. The van der Waals surface area contributed by atoms with Crippen LogP contribution in [0, 0.1) is 0 Å². The molecule has 3 heterocycles. The second kappa shape index (κ2) is 9.04. The molecule has 0 aromatic heterocycles. The molecule has 0 aliphatic carbocycles. The number of amides is 3. The summed E-state index contributed by atoms with van der Waals surface area (Å²) in [6.45, 7) is 5.30. The Morgan fingerprint density at radius 1 is 1.10 bits per heavy atom. The summed E-state index contributed by atoms with van der Waals surface area (Å²) in [7, 11) is 3.16. The van der Waals surface area contributed by atoms with Gasteiger partial charge in [0.2, 0.25) is 0 Å². The normalized spacial score (nSPS) is 23.0. The predicted molar refractivity (Wildman–Crippen MR) is 118 cm³/mol. The van der Waals surface area contributed by atoms with Gasteiger partial charge in [0, 0.05) is 57.4 Å². The van der Waals surface area contributed by atoms with E-state index >= 15 is 0 Å². The number of β-amino-alcohol motifs (C(OH)–C–C–N with tert-alkyl or cyclic N) is 1. The Bertz CT molecular complexity index is 941. The molecule has 166 valence electrons. The van der Waals surface area contributed by atoms with Gasteiger partial charge in [0.1, 0.15) is 13.1 Å². The molecule has 1 unspecified atom stereocenters. The highest BCUT2D eigenvalue weighted by molar-refractivity contribution is 6.31. The number of aliphatic hydroxyl groups excluding tert-OH is 1. The second-order valence-electron chi connectivity index (χ2n) is 8.09. The van der Waals surface area contributed by atoms with Crippen LogP contribution in [0.4, 0.5) is 4.79 Å². The van der Waals surface area contributed by atoms with E-state index in [1.165, 1.54) is 11.9 Å². The summed E-state index contributed by atoms with van der Waals surface area (Å²) in [5.74, 6) is 0.949. The first kappa shape index (κ1) is 21.9. The molecule has 4 rings (SSSR count). The number of aliphatic imine (C=N–C) groups is 1. The number of rotatable bonds is 6. The zero-order valence-electron chi connectivity index (χ0n) is 17.9. The topological polar surface area (TPSA) is 82.7 Å². The van der Waals surface area contributed by atoms with Crippen molar-refractivity contribution in [2.24, 2.45) is 4.99 Å². The summed E-state index contributed by atoms with van der Waals surface area (Å²) in [5.41, 5.74) is 0.904. The largest absolute Gasteiger partial charge is 0.395 e. The molecule has 1 aromatic carbocycles. The summed E-state index contributed by atoms with van der Waals surface area (Å²) >= 11 is 6.41. The van der Waals surface area contributed by atoms with Gasteiger partial charge in [-0.2, -0.15) is 0 Å². The van der Waals surface area contributed by atoms with Crippen molar-refractivity contribution in [2.45, 2.75) is 12.6 Å². The van der Waals surface area contributed by atoms with Crippen LogP contribution in [0.1, 0.15) is 5.56 Å². The highest BCUT2D eigenvalue weighted by Crippen LogP contribution is 2.23. The maximum Gasteiger partial charge on any atom is 0.333 e. The van der Waals surface area contributed by atoms with Crippen LogP contribution in [0.25, 0.3) is 0 Å². The summed E-state index contributed by atoms with van der Waals surface area (Å²) in [6.07, 6.45) is 0. The number of aliphatic hydroxyl groups is 1. The van der Waals surface area contributed by atoms with Crippen molar-refractivity contribution in [3.8, 4) is 0 Å². The lowest BCUT2D eigenvalue weighted by atomic mass is 10.1. The van der Waals surface area contributed by atoms with Crippen molar-refractivity contribution in [3.63, 3.8) is 0 Å². The average Bonchev–Trinajstić information content (AvgIpc) is 3.12. The first-order valence-electron chi connectivity index (χ1n) is 10.5. The molecule has 1 aromatic rings. The number of urea groups is 1. The van der Waals surface area contributed by atoms with Crippen LogP contribution >= 0.6 is 11.6 Å². The molecular formula is C21H28ClN6O3+. The van der Waals surface area contributed by atoms with Crippen molar-refractivity contribution >= 4 is 35.2 Å². The molecule has 2 fully saturated rings. The fourth-order valence-electron chi connectivity index (χ4n) is 4.28. The Kier molecular flexibility index (Phi) is 6.38. The minimum Gasteiger partial charge on any atom is -0.395 e. The summed E-state index contributed by atoms with van der Waals surface area (Å²) in [5, 5.41) is 9.79. The molecule has 0 spiro atoms. The molecule has 0 radical (unpaired) electrons. The molecule has 31 heavy (non-hydrogen) atoms. The Balaban J connectivity index is 1.63. The molecule has 1 N–H and O–H groups in total. The number of piperazine rings is 1. The van der Waals surface area contributed by atoms with E-state index in [1.54, 1.807) is 7.05 Å². The van der Waals surface area contributed by atoms with E-state index in [2.05, 4.69) is 9.80 Å². The van der Waals surface area contributed by atoms with Crippen LogP contribution in [0.3, 0.4) is 0 Å². The van der Waals surface area contributed by atoms with E-state index in [1.807, 2.05) is 28.8 Å². The molecule has 3 aliphatic rings. The van der Waals surface area contributed by atoms with Crippen molar-refractivity contribution < 1.29 is 19.3 Å². The van der Waals surface area contributed by atoms with E-state index in [0.717, 1.165) is 42.5 Å². The molecule has 1 atom stereocenters. The number of carbonyl (C=O) groups is 2. The number of halogens is 1. The van der Waals surface area contributed by atoms with Crippen molar-refractivity contribution in [1.82, 2.24) is 19.6 Å². The average molecular weight is 448 g/mol. The third kappa shape index (κ3) is 4.23. The lowest BCUT2D eigenvalue weighted by molar-refractivity contribution is -0.552. The van der Waals surface area contributed by atoms with Crippen molar-refractivity contribution in [2.75, 3.05) is 60.0 Å². The van der Waals surface area contributed by atoms with Gasteiger partial charge in [-0.1, -0.05) is 29.8 Å². The number of imide groups is 1. The van der Waals surface area contributed by atoms with Crippen molar-refractivity contribution in [1.29, 1.82) is 0 Å². The molecular weight excluding hydrogens is 420 g/mol. The van der Waals surface area contributed by atoms with Gasteiger partial charge < -0.3 is 5.11 Å². The summed E-state index contributed by atoms with van der Waals surface area (Å²) in [6, 6.07) is 6.55. The third-order valence-corrected chi connectivity index (χ3v) is 6.53. The molecule has 10 heteroatoms. The van der Waals surface area contributed by atoms with Gasteiger partial charge in [-0.3, -0.25) is 24.4 Å². The van der Waals surface area contributed by atoms with Crippen LogP contribution in [-0.2, 0) is 11.3 Å². The Labute approximate surface area is 186 Å². The quantitative estimate of drug-likeness (QED) is 0.628. The van der Waals surface area contributed by atoms with Gasteiger partial charge in [-0.25, -0.2) is 9.37 Å². The molecule has 9 nitrogen and oxygen atoms in total. The number of carbonyl (C=O) groups excluding carboxylic acids is 2. The molecule has 3 amide bonds. The van der Waals surface area contributed by atoms with Gasteiger partial charge in [-0.15, -0.1) is 0 Å². The zero-order chi connectivity index (χ0) is 22.1. The highest BCUT2D eigenvalue weighted by Gasteiger charge is 2.53. The number of likely N-dealkylation sites (N-methyl/N-ethyl adjacent to an activating group) is 2. The molecule has 2 saturated heterocycles. The SMILES string of the molecule is CN1C(=O)C2C(=NC(CN3CCN(CCO)CC3)=[N+]2Cc2ccccc2Cl)N(C)C1=O. The number of hydrogen-bond donors (Lipinski definition) is 1. The maximum absolute atomic E-state index is 13.1. The third-order valence-electron chi connectivity index (χ3n) is 6.16. The van der Waals surface area contributed by atoms with E-state index < -0.39 is 6.04 Å². The minimum atomic E-state index is -0.644. The summed E-state index contributed by atoms with van der Waals surface area (Å²) in [4.78, 5) is 37.4. The van der Waals surface area contributed by atoms with Crippen LogP contribution < -0.4 is 0 Å². The van der Waals surface area contributed by atoms with Crippen LogP contribution in [0.2, 0.25) is 5.02 Å².